The number of fused-ring (bicyclic) bond motifs is 10. The van der Waals surface area contributed by atoms with Gasteiger partial charge in [-0.05, 0) is 76.9 Å². The molecule has 0 N–H and O–H groups in total. The third-order valence-corrected chi connectivity index (χ3v) is 10.5. The van der Waals surface area contributed by atoms with E-state index in [0.29, 0.717) is 0 Å². The molecule has 3 nitrogen and oxygen atoms in total. The number of benzene rings is 8. The standard InChI is InChI=1S/C48H30N2O/c1-2-11-31(12-3-1)32-21-23-33(24-22-32)34-25-27-35(28-26-34)49-39-16-7-4-13-36(39)47-42(49)29-30-43-48(47)37-14-5-8-17-40(37)50(43)41-18-10-20-45-46(41)38-15-6-9-19-44(38)51-45/h1-30H. The molecule has 0 saturated heterocycles. The molecule has 3 heteroatoms. The van der Waals surface area contributed by atoms with Crippen LogP contribution in [0.3, 0.4) is 0 Å². The Morgan fingerprint density at radius 3 is 1.45 bits per heavy atom. The molecule has 3 aromatic heterocycles. The van der Waals surface area contributed by atoms with Crippen molar-refractivity contribution in [2.75, 3.05) is 0 Å². The Morgan fingerprint density at radius 1 is 0.294 bits per heavy atom. The lowest BCUT2D eigenvalue weighted by Crippen LogP contribution is -1.95. The van der Waals surface area contributed by atoms with E-state index >= 15 is 0 Å². The van der Waals surface area contributed by atoms with Gasteiger partial charge < -0.3 is 13.6 Å². The zero-order valence-electron chi connectivity index (χ0n) is 27.6. The minimum atomic E-state index is 0.896. The molecule has 11 aromatic rings. The maximum absolute atomic E-state index is 6.34. The number of hydrogen-bond acceptors (Lipinski definition) is 1. The maximum Gasteiger partial charge on any atom is 0.137 e. The molecule has 0 radical (unpaired) electrons. The summed E-state index contributed by atoms with van der Waals surface area (Å²) < 4.78 is 11.2. The summed E-state index contributed by atoms with van der Waals surface area (Å²) in [6.07, 6.45) is 0. The van der Waals surface area contributed by atoms with Crippen LogP contribution in [0.2, 0.25) is 0 Å². The van der Waals surface area contributed by atoms with Crippen molar-refractivity contribution < 1.29 is 4.42 Å². The lowest BCUT2D eigenvalue weighted by atomic mass is 10.0. The van der Waals surface area contributed by atoms with Crippen LogP contribution >= 0.6 is 0 Å². The van der Waals surface area contributed by atoms with Crippen molar-refractivity contribution in [2.24, 2.45) is 0 Å². The van der Waals surface area contributed by atoms with Gasteiger partial charge in [0.2, 0.25) is 0 Å². The largest absolute Gasteiger partial charge is 0.456 e. The van der Waals surface area contributed by atoms with Gasteiger partial charge in [0, 0.05) is 32.6 Å². The molecule has 0 unspecified atom stereocenters. The Morgan fingerprint density at radius 2 is 0.784 bits per heavy atom. The van der Waals surface area contributed by atoms with Crippen LogP contribution in [0, 0.1) is 0 Å². The zero-order valence-corrected chi connectivity index (χ0v) is 27.6. The van der Waals surface area contributed by atoms with Crippen LogP contribution < -0.4 is 0 Å². The molecule has 0 saturated carbocycles. The van der Waals surface area contributed by atoms with Gasteiger partial charge >= 0.3 is 0 Å². The molecule has 8 aromatic carbocycles. The van der Waals surface area contributed by atoms with E-state index in [1.807, 2.05) is 6.07 Å². The molecule has 0 fully saturated rings. The van der Waals surface area contributed by atoms with Crippen molar-refractivity contribution in [3.8, 4) is 33.6 Å². The average molecular weight is 651 g/mol. The van der Waals surface area contributed by atoms with Crippen molar-refractivity contribution in [1.29, 1.82) is 0 Å². The molecule has 11 rings (SSSR count). The van der Waals surface area contributed by atoms with Gasteiger partial charge in [-0.3, -0.25) is 0 Å². The summed E-state index contributed by atoms with van der Waals surface area (Å²) in [5.41, 5.74) is 13.7. The third kappa shape index (κ3) is 4.12. The van der Waals surface area contributed by atoms with E-state index in [1.54, 1.807) is 0 Å². The topological polar surface area (TPSA) is 23.0 Å². The Balaban J connectivity index is 1.12. The van der Waals surface area contributed by atoms with Crippen molar-refractivity contribution in [1.82, 2.24) is 9.13 Å². The molecule has 0 aliphatic carbocycles. The van der Waals surface area contributed by atoms with Crippen LogP contribution in [-0.2, 0) is 0 Å². The highest BCUT2D eigenvalue weighted by Crippen LogP contribution is 2.44. The van der Waals surface area contributed by atoms with Gasteiger partial charge in [0.15, 0.2) is 0 Å². The quantitative estimate of drug-likeness (QED) is 0.186. The summed E-state index contributed by atoms with van der Waals surface area (Å²) in [5, 5.41) is 7.27. The predicted molar refractivity (Wildman–Crippen MR) is 213 cm³/mol. The molecule has 0 bridgehead atoms. The molecule has 0 aliphatic heterocycles. The second-order valence-corrected chi connectivity index (χ2v) is 13.3. The molecule has 0 atom stereocenters. The fraction of sp³-hybridized carbons (Fsp3) is 0. The summed E-state index contributed by atoms with van der Waals surface area (Å²) >= 11 is 0. The molecule has 238 valence electrons. The summed E-state index contributed by atoms with van der Waals surface area (Å²) in [6, 6.07) is 65.4. The Bertz CT molecular complexity index is 3100. The predicted octanol–water partition coefficient (Wildman–Crippen LogP) is 13.1. The Kier molecular flexibility index (Phi) is 5.96. The van der Waals surface area contributed by atoms with Gasteiger partial charge in [-0.2, -0.15) is 0 Å². The maximum atomic E-state index is 6.34. The second kappa shape index (κ2) is 10.8. The number of para-hydroxylation sites is 3. The lowest BCUT2D eigenvalue weighted by molar-refractivity contribution is 0.669. The van der Waals surface area contributed by atoms with Crippen LogP contribution in [0.25, 0.3) is 99.2 Å². The first-order valence-electron chi connectivity index (χ1n) is 17.4. The molecule has 0 spiro atoms. The minimum Gasteiger partial charge on any atom is -0.456 e. The van der Waals surface area contributed by atoms with Gasteiger partial charge in [0.05, 0.1) is 33.1 Å². The van der Waals surface area contributed by atoms with Gasteiger partial charge in [0.25, 0.3) is 0 Å². The van der Waals surface area contributed by atoms with E-state index in [1.165, 1.54) is 65.9 Å². The van der Waals surface area contributed by atoms with Crippen LogP contribution in [0.5, 0.6) is 0 Å². The van der Waals surface area contributed by atoms with Gasteiger partial charge in [0.1, 0.15) is 11.2 Å². The van der Waals surface area contributed by atoms with Crippen LogP contribution in [-0.4, -0.2) is 9.13 Å². The van der Waals surface area contributed by atoms with Crippen molar-refractivity contribution >= 4 is 65.6 Å². The fourth-order valence-electron chi connectivity index (χ4n) is 8.29. The molecular weight excluding hydrogens is 621 g/mol. The van der Waals surface area contributed by atoms with E-state index in [-0.39, 0.29) is 0 Å². The summed E-state index contributed by atoms with van der Waals surface area (Å²) in [5.74, 6) is 0. The fourth-order valence-corrected chi connectivity index (χ4v) is 8.29. The average Bonchev–Trinajstić information content (AvgIpc) is 3.86. The SMILES string of the molecule is c1ccc(-c2ccc(-c3ccc(-n4c5ccccc5c5c6c7ccccc7n(-c7cccc8oc9ccccc9c78)c6ccc54)cc3)cc2)cc1. The Hall–Kier alpha value is -6.84. The molecular formula is C48H30N2O. The lowest BCUT2D eigenvalue weighted by Gasteiger charge is -2.11. The smallest absolute Gasteiger partial charge is 0.137 e. The number of hydrogen-bond donors (Lipinski definition) is 0. The number of nitrogens with zero attached hydrogens (tertiary/aromatic N) is 2. The highest BCUT2D eigenvalue weighted by atomic mass is 16.3. The van der Waals surface area contributed by atoms with Crippen LogP contribution in [0.15, 0.2) is 186 Å². The minimum absolute atomic E-state index is 0.896. The van der Waals surface area contributed by atoms with E-state index in [0.717, 1.165) is 33.3 Å². The van der Waals surface area contributed by atoms with Gasteiger partial charge in [-0.15, -0.1) is 0 Å². The van der Waals surface area contributed by atoms with Crippen molar-refractivity contribution in [2.45, 2.75) is 0 Å². The number of furan rings is 1. The highest BCUT2D eigenvalue weighted by molar-refractivity contribution is 6.29. The molecule has 0 aliphatic rings. The second-order valence-electron chi connectivity index (χ2n) is 13.3. The monoisotopic (exact) mass is 650 g/mol. The highest BCUT2D eigenvalue weighted by Gasteiger charge is 2.22. The summed E-state index contributed by atoms with van der Waals surface area (Å²) in [7, 11) is 0. The van der Waals surface area contributed by atoms with E-state index in [4.69, 9.17) is 4.42 Å². The van der Waals surface area contributed by atoms with E-state index in [2.05, 4.69) is 185 Å². The number of aromatic nitrogens is 2. The zero-order chi connectivity index (χ0) is 33.5. The molecule has 0 amide bonds. The summed E-state index contributed by atoms with van der Waals surface area (Å²) in [4.78, 5) is 0. The van der Waals surface area contributed by atoms with E-state index < -0.39 is 0 Å². The number of rotatable bonds is 4. The van der Waals surface area contributed by atoms with Crippen molar-refractivity contribution in [3.05, 3.63) is 182 Å². The first-order valence-corrected chi connectivity index (χ1v) is 17.4. The third-order valence-electron chi connectivity index (χ3n) is 10.5. The summed E-state index contributed by atoms with van der Waals surface area (Å²) in [6.45, 7) is 0. The van der Waals surface area contributed by atoms with Crippen molar-refractivity contribution in [3.63, 3.8) is 0 Å². The first kappa shape index (κ1) is 28.0. The first-order chi connectivity index (χ1) is 25.3. The van der Waals surface area contributed by atoms with Crippen LogP contribution in [0.1, 0.15) is 0 Å². The van der Waals surface area contributed by atoms with Crippen LogP contribution in [0.4, 0.5) is 0 Å². The van der Waals surface area contributed by atoms with Gasteiger partial charge in [-0.1, -0.05) is 127 Å². The normalized spacial score (nSPS) is 11.9. The van der Waals surface area contributed by atoms with Gasteiger partial charge in [-0.25, -0.2) is 0 Å². The molecule has 51 heavy (non-hydrogen) atoms. The molecule has 3 heterocycles. The van der Waals surface area contributed by atoms with E-state index in [9.17, 15) is 0 Å². The Labute approximate surface area is 293 Å².